The van der Waals surface area contributed by atoms with Crippen LogP contribution in [0.3, 0.4) is 0 Å². The predicted molar refractivity (Wildman–Crippen MR) is 25.2 cm³/mol. The maximum atomic E-state index is 9.56. The summed E-state index contributed by atoms with van der Waals surface area (Å²) in [6.45, 7) is 0. The molecule has 0 fully saturated rings. The molecular formula is CH5NaO2S2. The first kappa shape index (κ1) is 10.3. The van der Waals surface area contributed by atoms with E-state index >= 15 is 0 Å². The van der Waals surface area contributed by atoms with Crippen molar-refractivity contribution in [3.63, 3.8) is 0 Å². The number of hydrogen-bond donors (Lipinski definition) is 1. The SMILES string of the molecule is CS(=O)(O)=S.[H-].[Na+]. The van der Waals surface area contributed by atoms with Crippen LogP contribution in [0.1, 0.15) is 1.43 Å². The van der Waals surface area contributed by atoms with E-state index in [9.17, 15) is 4.21 Å². The zero-order chi connectivity index (χ0) is 4.50. The predicted octanol–water partition coefficient (Wildman–Crippen LogP) is -3.05. The van der Waals surface area contributed by atoms with Crippen molar-refractivity contribution in [3.8, 4) is 0 Å². The Kier molecular flexibility index (Phi) is 5.77. The van der Waals surface area contributed by atoms with Crippen LogP contribution in [0.5, 0.6) is 0 Å². The van der Waals surface area contributed by atoms with Crippen LogP contribution in [-0.4, -0.2) is 15.0 Å². The molecule has 2 nitrogen and oxygen atoms in total. The zero-order valence-corrected chi connectivity index (χ0v) is 7.30. The Balaban J connectivity index is -0.0000000800. The Morgan fingerprint density at radius 1 is 2.00 bits per heavy atom. The van der Waals surface area contributed by atoms with E-state index in [1.807, 2.05) is 0 Å². The molecule has 0 aliphatic rings. The van der Waals surface area contributed by atoms with Crippen molar-refractivity contribution in [2.75, 3.05) is 6.26 Å². The normalized spacial score (nSPS) is 17.7. The van der Waals surface area contributed by atoms with E-state index in [1.165, 1.54) is 0 Å². The van der Waals surface area contributed by atoms with Gasteiger partial charge in [0.15, 0.2) is 0 Å². The van der Waals surface area contributed by atoms with Crippen LogP contribution in [-0.2, 0) is 20.0 Å². The van der Waals surface area contributed by atoms with Gasteiger partial charge in [-0.1, -0.05) is 0 Å². The summed E-state index contributed by atoms with van der Waals surface area (Å²) in [7, 11) is -2.83. The first-order valence-electron chi connectivity index (χ1n) is 0.924. The molecule has 0 aliphatic carbocycles. The smallest absolute Gasteiger partial charge is 1.00 e. The molecule has 0 rings (SSSR count). The van der Waals surface area contributed by atoms with Gasteiger partial charge in [-0.05, 0) is 0 Å². The fraction of sp³-hybridized carbons (Fsp3) is 1.00. The van der Waals surface area contributed by atoms with Gasteiger partial charge in [0.1, 0.15) is 8.77 Å². The quantitative estimate of drug-likeness (QED) is 0.360. The molecule has 1 atom stereocenters. The van der Waals surface area contributed by atoms with Crippen LogP contribution in [0, 0.1) is 0 Å². The number of hydrogen-bond acceptors (Lipinski definition) is 2. The molecule has 0 saturated heterocycles. The molecular weight excluding hydrogens is 131 g/mol. The third-order valence-electron chi connectivity index (χ3n) is 0. The van der Waals surface area contributed by atoms with E-state index < -0.39 is 8.77 Å². The van der Waals surface area contributed by atoms with Gasteiger partial charge in [-0.3, -0.25) is 0 Å². The summed E-state index contributed by atoms with van der Waals surface area (Å²) >= 11 is 3.91. The van der Waals surface area contributed by atoms with Crippen LogP contribution in [0.4, 0.5) is 0 Å². The number of rotatable bonds is 0. The van der Waals surface area contributed by atoms with Gasteiger partial charge >= 0.3 is 29.6 Å². The molecule has 0 amide bonds. The fourth-order valence-electron chi connectivity index (χ4n) is 0. The van der Waals surface area contributed by atoms with E-state index in [-0.39, 0.29) is 31.0 Å². The largest absolute Gasteiger partial charge is 1.00 e. The van der Waals surface area contributed by atoms with Crippen molar-refractivity contribution >= 4 is 20.0 Å². The van der Waals surface area contributed by atoms with Gasteiger partial charge in [0.25, 0.3) is 0 Å². The minimum Gasteiger partial charge on any atom is -1.00 e. The van der Waals surface area contributed by atoms with Crippen molar-refractivity contribution in [1.82, 2.24) is 0 Å². The van der Waals surface area contributed by atoms with Crippen LogP contribution in [0.2, 0.25) is 0 Å². The second-order valence-electron chi connectivity index (χ2n) is 0.733. The summed E-state index contributed by atoms with van der Waals surface area (Å²) in [5.74, 6) is 0. The average molecular weight is 136 g/mol. The molecule has 1 N–H and O–H groups in total. The van der Waals surface area contributed by atoms with E-state index in [1.54, 1.807) is 0 Å². The van der Waals surface area contributed by atoms with Gasteiger partial charge < -0.3 is 5.98 Å². The monoisotopic (exact) mass is 136 g/mol. The Hall–Kier alpha value is 1.33. The standard InChI is InChI=1S/CH4O2S2.Na.H/c1-5(2,3)4;;/h1H3,(H,2,3,4);;/q;+1;-1. The maximum absolute atomic E-state index is 9.56. The minimum atomic E-state index is -2.83. The van der Waals surface area contributed by atoms with Gasteiger partial charge in [0, 0.05) is 17.4 Å². The molecule has 6 heavy (non-hydrogen) atoms. The molecule has 0 aromatic carbocycles. The summed E-state index contributed by atoms with van der Waals surface area (Å²) in [6, 6.07) is 0. The van der Waals surface area contributed by atoms with Crippen LogP contribution in [0.25, 0.3) is 0 Å². The molecule has 0 bridgehead atoms. The van der Waals surface area contributed by atoms with E-state index in [2.05, 4.69) is 11.2 Å². The maximum Gasteiger partial charge on any atom is 1.00 e. The van der Waals surface area contributed by atoms with Crippen molar-refractivity contribution in [2.45, 2.75) is 0 Å². The van der Waals surface area contributed by atoms with Crippen molar-refractivity contribution in [1.29, 1.82) is 0 Å². The molecule has 0 aromatic heterocycles. The Morgan fingerprint density at radius 3 is 2.00 bits per heavy atom. The van der Waals surface area contributed by atoms with Crippen LogP contribution < -0.4 is 29.6 Å². The van der Waals surface area contributed by atoms with Crippen molar-refractivity contribution in [2.24, 2.45) is 0 Å². The Labute approximate surface area is 65.6 Å². The molecule has 5 heteroatoms. The van der Waals surface area contributed by atoms with Gasteiger partial charge in [-0.25, -0.2) is 4.21 Å². The Bertz CT molecular complexity index is 98.9. The molecule has 0 radical (unpaired) electrons. The Morgan fingerprint density at radius 2 is 2.00 bits per heavy atom. The molecule has 0 spiro atoms. The fourth-order valence-corrected chi connectivity index (χ4v) is 0. The second-order valence-corrected chi connectivity index (χ2v) is 4.05. The molecule has 1 unspecified atom stereocenters. The summed E-state index contributed by atoms with van der Waals surface area (Å²) in [5, 5.41) is 0. The molecule has 0 saturated carbocycles. The minimum absolute atomic E-state index is 0. The summed E-state index contributed by atoms with van der Waals surface area (Å²) in [4.78, 5) is 0. The summed E-state index contributed by atoms with van der Waals surface area (Å²) < 4.78 is 17.4. The summed E-state index contributed by atoms with van der Waals surface area (Å²) in [5.41, 5.74) is 0. The van der Waals surface area contributed by atoms with Gasteiger partial charge in [-0.2, -0.15) is 0 Å². The van der Waals surface area contributed by atoms with E-state index in [0.717, 1.165) is 6.26 Å². The molecule has 0 aromatic rings. The van der Waals surface area contributed by atoms with Gasteiger partial charge in [0.2, 0.25) is 0 Å². The van der Waals surface area contributed by atoms with Crippen LogP contribution in [0.15, 0.2) is 0 Å². The van der Waals surface area contributed by atoms with E-state index in [4.69, 9.17) is 4.55 Å². The third kappa shape index (κ3) is 56.5. The summed E-state index contributed by atoms with van der Waals surface area (Å²) in [6.07, 6.45) is 1.09. The first-order chi connectivity index (χ1) is 2.00. The van der Waals surface area contributed by atoms with Crippen LogP contribution >= 0.6 is 0 Å². The first-order valence-corrected chi connectivity index (χ1v) is 3.77. The van der Waals surface area contributed by atoms with Crippen molar-refractivity contribution in [3.05, 3.63) is 0 Å². The van der Waals surface area contributed by atoms with Gasteiger partial charge in [-0.15, -0.1) is 0 Å². The molecule has 34 valence electrons. The third-order valence-corrected chi connectivity index (χ3v) is 0. The van der Waals surface area contributed by atoms with E-state index in [0.29, 0.717) is 0 Å². The average Bonchev–Trinajstić information content (AvgIpc) is 0.722. The zero-order valence-electron chi connectivity index (χ0n) is 4.67. The van der Waals surface area contributed by atoms with Crippen molar-refractivity contribution < 1.29 is 39.7 Å². The topological polar surface area (TPSA) is 37.3 Å². The molecule has 0 heterocycles. The van der Waals surface area contributed by atoms with Gasteiger partial charge in [0.05, 0.1) is 0 Å². The molecule has 0 aliphatic heterocycles. The second kappa shape index (κ2) is 3.35.